The van der Waals surface area contributed by atoms with Gasteiger partial charge in [-0.05, 0) is 43.1 Å². The van der Waals surface area contributed by atoms with Gasteiger partial charge in [-0.25, -0.2) is 0 Å². The van der Waals surface area contributed by atoms with Crippen LogP contribution in [0.1, 0.15) is 32.6 Å². The molecule has 2 saturated heterocycles. The number of nitrogens with one attached hydrogen (secondary N) is 1. The Hall–Kier alpha value is 0.270. The number of rotatable bonds is 4. The number of ether oxygens (including phenoxy) is 1. The zero-order chi connectivity index (χ0) is 10.5. The summed E-state index contributed by atoms with van der Waals surface area (Å²) in [7, 11) is 0. The van der Waals surface area contributed by atoms with Gasteiger partial charge in [-0.3, -0.25) is 0 Å². The molecule has 0 amide bonds. The second-order valence-electron chi connectivity index (χ2n) is 4.66. The van der Waals surface area contributed by atoms with Gasteiger partial charge in [0.2, 0.25) is 0 Å². The van der Waals surface area contributed by atoms with Crippen molar-refractivity contribution in [3.05, 3.63) is 0 Å². The summed E-state index contributed by atoms with van der Waals surface area (Å²) in [5, 5.41) is 3.73. The van der Waals surface area contributed by atoms with E-state index in [1.807, 2.05) is 0 Å². The van der Waals surface area contributed by atoms with Gasteiger partial charge in [0.15, 0.2) is 0 Å². The highest BCUT2D eigenvalue weighted by Crippen LogP contribution is 2.23. The first-order chi connectivity index (χ1) is 7.40. The maximum Gasteiger partial charge on any atom is 0.0613 e. The minimum absolute atomic E-state index is 0.524. The molecule has 2 fully saturated rings. The zero-order valence-electron chi connectivity index (χ0n) is 9.71. The summed E-state index contributed by atoms with van der Waals surface area (Å²) in [5.74, 6) is 3.45. The molecule has 1 N–H and O–H groups in total. The first-order valence-corrected chi connectivity index (χ1v) is 7.48. The third-order valence-electron chi connectivity index (χ3n) is 3.64. The van der Waals surface area contributed by atoms with Crippen LogP contribution in [0.3, 0.4) is 0 Å². The Morgan fingerprint density at radius 2 is 2.07 bits per heavy atom. The van der Waals surface area contributed by atoms with E-state index < -0.39 is 0 Å². The van der Waals surface area contributed by atoms with Gasteiger partial charge in [0.25, 0.3) is 0 Å². The lowest BCUT2D eigenvalue weighted by molar-refractivity contribution is 0.0865. The smallest absolute Gasteiger partial charge is 0.0613 e. The van der Waals surface area contributed by atoms with Gasteiger partial charge < -0.3 is 10.1 Å². The molecule has 2 rings (SSSR count). The molecule has 2 unspecified atom stereocenters. The van der Waals surface area contributed by atoms with E-state index in [4.69, 9.17) is 4.74 Å². The van der Waals surface area contributed by atoms with Gasteiger partial charge in [0.1, 0.15) is 0 Å². The Labute approximate surface area is 97.5 Å². The summed E-state index contributed by atoms with van der Waals surface area (Å²) in [6.45, 7) is 4.39. The van der Waals surface area contributed by atoms with Crippen LogP contribution in [0, 0.1) is 5.92 Å². The van der Waals surface area contributed by atoms with E-state index in [9.17, 15) is 0 Å². The molecule has 3 heteroatoms. The number of hydrogen-bond donors (Lipinski definition) is 1. The standard InChI is InChI=1S/C12H23NOS/c1-2-12-10(3-6-14-12)9-13-11-4-7-15-8-5-11/h10-13H,2-9H2,1H3. The highest BCUT2D eigenvalue weighted by Gasteiger charge is 2.27. The molecule has 0 aromatic carbocycles. The maximum atomic E-state index is 5.71. The molecule has 2 aliphatic heterocycles. The van der Waals surface area contributed by atoms with Crippen molar-refractivity contribution in [2.24, 2.45) is 5.92 Å². The number of thioether (sulfide) groups is 1. The van der Waals surface area contributed by atoms with Crippen LogP contribution >= 0.6 is 11.8 Å². The lowest BCUT2D eigenvalue weighted by Crippen LogP contribution is -2.37. The van der Waals surface area contributed by atoms with Gasteiger partial charge in [-0.1, -0.05) is 6.92 Å². The fourth-order valence-electron chi connectivity index (χ4n) is 2.60. The average Bonchev–Trinajstić information content (AvgIpc) is 2.75. The fourth-order valence-corrected chi connectivity index (χ4v) is 3.70. The Kier molecular flexibility index (Phi) is 4.79. The Bertz CT molecular complexity index is 182. The topological polar surface area (TPSA) is 21.3 Å². The predicted molar refractivity (Wildman–Crippen MR) is 66.5 cm³/mol. The van der Waals surface area contributed by atoms with Crippen LogP contribution in [-0.2, 0) is 4.74 Å². The van der Waals surface area contributed by atoms with Crippen LogP contribution in [0.2, 0.25) is 0 Å². The Morgan fingerprint density at radius 3 is 2.80 bits per heavy atom. The molecule has 2 aliphatic rings. The molecule has 0 radical (unpaired) electrons. The van der Waals surface area contributed by atoms with Crippen molar-refractivity contribution in [2.45, 2.75) is 44.8 Å². The van der Waals surface area contributed by atoms with E-state index in [1.165, 1.54) is 43.7 Å². The van der Waals surface area contributed by atoms with Gasteiger partial charge in [0.05, 0.1) is 6.10 Å². The first kappa shape index (κ1) is 11.7. The van der Waals surface area contributed by atoms with Crippen molar-refractivity contribution in [3.63, 3.8) is 0 Å². The van der Waals surface area contributed by atoms with Crippen LogP contribution in [0.25, 0.3) is 0 Å². The predicted octanol–water partition coefficient (Wildman–Crippen LogP) is 2.29. The van der Waals surface area contributed by atoms with Crippen molar-refractivity contribution in [3.8, 4) is 0 Å². The van der Waals surface area contributed by atoms with Gasteiger partial charge >= 0.3 is 0 Å². The molecule has 0 aromatic rings. The van der Waals surface area contributed by atoms with Crippen LogP contribution in [-0.4, -0.2) is 36.8 Å². The summed E-state index contributed by atoms with van der Waals surface area (Å²) in [6.07, 6.45) is 5.67. The summed E-state index contributed by atoms with van der Waals surface area (Å²) in [6, 6.07) is 0.782. The third kappa shape index (κ3) is 3.36. The van der Waals surface area contributed by atoms with Crippen LogP contribution < -0.4 is 5.32 Å². The normalized spacial score (nSPS) is 33.4. The van der Waals surface area contributed by atoms with Gasteiger partial charge in [-0.2, -0.15) is 11.8 Å². The summed E-state index contributed by atoms with van der Waals surface area (Å²) in [5.41, 5.74) is 0. The molecule has 0 saturated carbocycles. The quantitative estimate of drug-likeness (QED) is 0.799. The van der Waals surface area contributed by atoms with Gasteiger partial charge in [0, 0.05) is 19.2 Å². The SMILES string of the molecule is CCC1OCCC1CNC1CCSCC1. The molecule has 0 aromatic heterocycles. The minimum atomic E-state index is 0.524. The minimum Gasteiger partial charge on any atom is -0.378 e. The van der Waals surface area contributed by atoms with E-state index in [0.717, 1.165) is 18.6 Å². The van der Waals surface area contributed by atoms with Crippen molar-refractivity contribution >= 4 is 11.8 Å². The molecule has 88 valence electrons. The second-order valence-corrected chi connectivity index (χ2v) is 5.89. The molecular weight excluding hydrogens is 206 g/mol. The Morgan fingerprint density at radius 1 is 1.27 bits per heavy atom. The van der Waals surface area contributed by atoms with E-state index in [1.54, 1.807) is 0 Å². The average molecular weight is 229 g/mol. The van der Waals surface area contributed by atoms with Crippen molar-refractivity contribution in [1.82, 2.24) is 5.32 Å². The largest absolute Gasteiger partial charge is 0.378 e. The second kappa shape index (κ2) is 6.12. The van der Waals surface area contributed by atoms with Gasteiger partial charge in [-0.15, -0.1) is 0 Å². The summed E-state index contributed by atoms with van der Waals surface area (Å²) >= 11 is 2.10. The summed E-state index contributed by atoms with van der Waals surface area (Å²) < 4.78 is 5.71. The lowest BCUT2D eigenvalue weighted by atomic mass is 9.99. The molecule has 2 heterocycles. The molecule has 2 nitrogen and oxygen atoms in total. The Balaban J connectivity index is 1.67. The maximum absolute atomic E-state index is 5.71. The van der Waals surface area contributed by atoms with Crippen molar-refractivity contribution < 1.29 is 4.74 Å². The van der Waals surface area contributed by atoms with E-state index in [2.05, 4.69) is 24.0 Å². The highest BCUT2D eigenvalue weighted by molar-refractivity contribution is 7.99. The molecule has 0 aliphatic carbocycles. The molecule has 0 bridgehead atoms. The monoisotopic (exact) mass is 229 g/mol. The zero-order valence-corrected chi connectivity index (χ0v) is 10.5. The molecule has 15 heavy (non-hydrogen) atoms. The van der Waals surface area contributed by atoms with Crippen molar-refractivity contribution in [2.75, 3.05) is 24.7 Å². The van der Waals surface area contributed by atoms with E-state index in [-0.39, 0.29) is 0 Å². The van der Waals surface area contributed by atoms with E-state index in [0.29, 0.717) is 6.10 Å². The summed E-state index contributed by atoms with van der Waals surface area (Å²) in [4.78, 5) is 0. The fraction of sp³-hybridized carbons (Fsp3) is 1.00. The molecule has 0 spiro atoms. The van der Waals surface area contributed by atoms with E-state index >= 15 is 0 Å². The molecular formula is C12H23NOS. The molecule has 2 atom stereocenters. The third-order valence-corrected chi connectivity index (χ3v) is 4.69. The van der Waals surface area contributed by atoms with Crippen LogP contribution in [0.5, 0.6) is 0 Å². The van der Waals surface area contributed by atoms with Crippen LogP contribution in [0.15, 0.2) is 0 Å². The van der Waals surface area contributed by atoms with Crippen LogP contribution in [0.4, 0.5) is 0 Å². The lowest BCUT2D eigenvalue weighted by Gasteiger charge is -2.25. The highest BCUT2D eigenvalue weighted by atomic mass is 32.2. The number of hydrogen-bond acceptors (Lipinski definition) is 3. The van der Waals surface area contributed by atoms with Crippen molar-refractivity contribution in [1.29, 1.82) is 0 Å². The first-order valence-electron chi connectivity index (χ1n) is 6.33.